The molecule has 2 aromatic carbocycles. The minimum absolute atomic E-state index is 0.0191. The first-order chi connectivity index (χ1) is 57.8. The lowest BCUT2D eigenvalue weighted by Crippen LogP contribution is -2.50. The highest BCUT2D eigenvalue weighted by Crippen LogP contribution is 2.33. The number of carboxylic acid groups (broad SMARTS) is 5. The van der Waals surface area contributed by atoms with E-state index in [-0.39, 0.29) is 166 Å². The van der Waals surface area contributed by atoms with Gasteiger partial charge in [-0.1, -0.05) is 119 Å². The van der Waals surface area contributed by atoms with Crippen molar-refractivity contribution in [1.29, 1.82) is 0 Å². The number of aliphatic carboxylic acids is 5. The molecular weight excluding hydrogens is 1650 g/mol. The summed E-state index contributed by atoms with van der Waals surface area (Å²) in [5, 5.41) is 79.0. The second kappa shape index (κ2) is 59.2. The van der Waals surface area contributed by atoms with Gasteiger partial charge < -0.3 is 87.5 Å². The number of rotatable bonds is 55. The number of ketones is 2. The molecule has 14 N–H and O–H groups in total. The molecule has 4 rings (SSSR count). The number of Topliss-reactive ketones (excluding diaryl/α,β-unsaturated/α-hetero) is 2. The van der Waals surface area contributed by atoms with Crippen molar-refractivity contribution >= 4 is 134 Å². The summed E-state index contributed by atoms with van der Waals surface area (Å²) < 4.78 is 10.5. The number of likely N-dealkylation sites (tertiary alicyclic amines) is 1. The van der Waals surface area contributed by atoms with Crippen LogP contribution in [0.2, 0.25) is 0 Å². The number of phenols is 1. The highest BCUT2D eigenvalue weighted by Gasteiger charge is 2.40. The van der Waals surface area contributed by atoms with Crippen molar-refractivity contribution in [3.05, 3.63) is 81.3 Å². The van der Waals surface area contributed by atoms with Crippen LogP contribution in [-0.2, 0) is 101 Å². The number of likely N-dealkylation sites (N-methyl/N-ethyl adjacent to an activating group) is 1. The van der Waals surface area contributed by atoms with Gasteiger partial charge in [-0.3, -0.25) is 62.4 Å². The van der Waals surface area contributed by atoms with Crippen LogP contribution in [0.25, 0.3) is 0 Å². The molecular formula is C82H121N11O26S3. The largest absolute Gasteiger partial charge is 0.508 e. The van der Waals surface area contributed by atoms with Crippen molar-refractivity contribution in [2.75, 3.05) is 58.1 Å². The molecule has 37 nitrogen and oxygen atoms in total. The Kier molecular flexibility index (Phi) is 52.2. The van der Waals surface area contributed by atoms with Crippen LogP contribution in [0.15, 0.2) is 53.9 Å². The van der Waals surface area contributed by atoms with Gasteiger partial charge in [0.05, 0.1) is 42.3 Å². The van der Waals surface area contributed by atoms with Crippen LogP contribution in [0.4, 0.5) is 9.59 Å². The molecule has 1 aliphatic heterocycles. The molecule has 678 valence electrons. The van der Waals surface area contributed by atoms with E-state index in [1.54, 1.807) is 58.8 Å². The van der Waals surface area contributed by atoms with Crippen molar-refractivity contribution in [3.8, 4) is 5.75 Å². The number of hydrogen-bond donors (Lipinski definition) is 14. The molecule has 0 bridgehead atoms. The summed E-state index contributed by atoms with van der Waals surface area (Å²) in [4.78, 5) is 223. The van der Waals surface area contributed by atoms with E-state index in [0.717, 1.165) is 64.4 Å². The fraction of sp³-hybridized carbons (Fsp3) is 0.610. The maximum Gasteiger partial charge on any atom is 0.373 e. The summed E-state index contributed by atoms with van der Waals surface area (Å²) in [6.45, 7) is 18.6. The van der Waals surface area contributed by atoms with E-state index in [2.05, 4.69) is 47.4 Å². The number of nitrogens with zero attached hydrogens (tertiary/aromatic N) is 3. The minimum atomic E-state index is -1.66. The number of urea groups is 2. The molecule has 1 aliphatic rings. The zero-order valence-corrected chi connectivity index (χ0v) is 73.3. The van der Waals surface area contributed by atoms with E-state index in [9.17, 15) is 102 Å². The number of hydrogen-bond acceptors (Lipinski definition) is 26. The third-order valence-electron chi connectivity index (χ3n) is 19.7. The summed E-state index contributed by atoms with van der Waals surface area (Å²) in [7, 11) is 4.18. The number of esters is 2. The van der Waals surface area contributed by atoms with Crippen LogP contribution >= 0.6 is 32.9 Å². The van der Waals surface area contributed by atoms with Gasteiger partial charge in [-0.15, -0.1) is 11.3 Å². The third kappa shape index (κ3) is 43.8. The highest BCUT2D eigenvalue weighted by molar-refractivity contribution is 8.76. The summed E-state index contributed by atoms with van der Waals surface area (Å²) in [6.07, 6.45) is 4.12. The lowest BCUT2D eigenvalue weighted by Gasteiger charge is -2.39. The number of carboxylic acids is 5. The molecule has 0 radical (unpaired) electrons. The highest BCUT2D eigenvalue weighted by atomic mass is 33.1. The number of amides is 9. The Morgan fingerprint density at radius 2 is 1.30 bits per heavy atom. The monoisotopic (exact) mass is 1770 g/mol. The summed E-state index contributed by atoms with van der Waals surface area (Å²) in [6, 6.07) is 6.60. The van der Waals surface area contributed by atoms with Crippen LogP contribution in [0, 0.1) is 29.6 Å². The number of benzene rings is 2. The van der Waals surface area contributed by atoms with Gasteiger partial charge in [0.1, 0.15) is 30.1 Å². The van der Waals surface area contributed by atoms with Gasteiger partial charge in [0.2, 0.25) is 23.6 Å². The predicted octanol–water partition coefficient (Wildman–Crippen LogP) is 6.86. The number of phenolic OH excluding ortho intramolecular Hbond substituents is 1. The van der Waals surface area contributed by atoms with Crippen molar-refractivity contribution in [2.24, 2.45) is 29.6 Å². The first kappa shape index (κ1) is 108. The maximum atomic E-state index is 14.7. The number of thiazole rings is 1. The second-order valence-corrected chi connectivity index (χ2v) is 33.5. The lowest BCUT2D eigenvalue weighted by atomic mass is 9.82. The Bertz CT molecular complexity index is 3920. The van der Waals surface area contributed by atoms with Crippen LogP contribution < -0.4 is 42.5 Å². The fourth-order valence-electron chi connectivity index (χ4n) is 12.9. The molecule has 0 saturated carbocycles. The number of piperidine rings is 1. The van der Waals surface area contributed by atoms with Gasteiger partial charge >= 0.3 is 60.0 Å². The number of nitrogens with one attached hydrogen (secondary N) is 8. The molecule has 1 saturated heterocycles. The number of ether oxygens (including phenoxy) is 2. The van der Waals surface area contributed by atoms with Gasteiger partial charge in [-0.2, -0.15) is 9.59 Å². The van der Waals surface area contributed by atoms with Crippen molar-refractivity contribution in [1.82, 2.24) is 57.3 Å². The zero-order chi connectivity index (χ0) is 91.6. The van der Waals surface area contributed by atoms with E-state index in [0.29, 0.717) is 61.9 Å². The van der Waals surface area contributed by atoms with Crippen LogP contribution in [0.5, 0.6) is 5.75 Å². The van der Waals surface area contributed by atoms with Gasteiger partial charge in [0, 0.05) is 106 Å². The molecule has 40 heteroatoms. The topological polar surface area (TPSA) is 563 Å². The number of aromatic hydroxyl groups is 1. The van der Waals surface area contributed by atoms with Gasteiger partial charge in [0.25, 0.3) is 5.91 Å². The average Bonchev–Trinajstić information content (AvgIpc) is 1.28. The van der Waals surface area contributed by atoms with E-state index in [1.165, 1.54) is 18.3 Å². The molecule has 1 unspecified atom stereocenters. The van der Waals surface area contributed by atoms with Gasteiger partial charge in [-0.05, 0) is 125 Å². The van der Waals surface area contributed by atoms with E-state index >= 15 is 0 Å². The van der Waals surface area contributed by atoms with Crippen LogP contribution in [0.1, 0.15) is 210 Å². The predicted molar refractivity (Wildman–Crippen MR) is 450 cm³/mol. The Morgan fingerprint density at radius 3 is 1.89 bits per heavy atom. The quantitative estimate of drug-likeness (QED) is 0.0119. The van der Waals surface area contributed by atoms with E-state index in [1.807, 2.05) is 62.4 Å². The molecule has 2 heterocycles. The zero-order valence-electron chi connectivity index (χ0n) is 70.8. The SMILES string of the molecule is CC(=O)OCCSSC[C@H](NC(=O)[C@H](CC(=O)O)CC(=O)[C@H](CC(=O)O)NC(=O)Cc1ccc(CNC(=O)NCCCC[C@H](NC(=O)NCCCC(=O)O)C(=O)O)cc1)C(=O)O.CCCC(=O)OCN(C(=O)[C@@H](CC(=O)[C@H]1CCCCN1C)C(C)CC)[C@H](C[C@@H](C)c1nc(C(=O)N[C@@H](Cc2ccc(O)cc2)C[C@H](C)C(=O)NCC)cs1)C(C)C.O=C=O. The van der Waals surface area contributed by atoms with Crippen molar-refractivity contribution in [2.45, 2.75) is 233 Å². The molecule has 0 aliphatic carbocycles. The molecule has 1 aromatic heterocycles. The first-order valence-corrected chi connectivity index (χ1v) is 43.9. The smallest absolute Gasteiger partial charge is 0.373 e. The third-order valence-corrected chi connectivity index (χ3v) is 23.1. The molecule has 1 fully saturated rings. The van der Waals surface area contributed by atoms with Crippen molar-refractivity contribution in [3.63, 3.8) is 0 Å². The Labute approximate surface area is 721 Å². The lowest BCUT2D eigenvalue weighted by molar-refractivity contribution is -0.192. The van der Waals surface area contributed by atoms with E-state index < -0.39 is 115 Å². The van der Waals surface area contributed by atoms with Gasteiger partial charge in [0.15, 0.2) is 18.3 Å². The second-order valence-electron chi connectivity index (χ2n) is 29.9. The van der Waals surface area contributed by atoms with Gasteiger partial charge in [-0.25, -0.2) is 24.2 Å². The molecule has 9 amide bonds. The molecule has 0 spiro atoms. The Hall–Kier alpha value is -10.6. The van der Waals surface area contributed by atoms with Crippen LogP contribution in [-0.4, -0.2) is 241 Å². The molecule has 3 aromatic rings. The number of carbonyl (C=O) groups excluding carboxylic acids is 13. The van der Waals surface area contributed by atoms with Crippen molar-refractivity contribution < 1.29 is 126 Å². The number of carbonyl (C=O) groups is 16. The summed E-state index contributed by atoms with van der Waals surface area (Å²) in [5.74, 6) is -13.3. The summed E-state index contributed by atoms with van der Waals surface area (Å²) >= 11 is 1.38. The van der Waals surface area contributed by atoms with E-state index in [4.69, 9.17) is 29.2 Å². The van der Waals surface area contributed by atoms with Crippen LogP contribution in [0.3, 0.4) is 0 Å². The Balaban J connectivity index is 0.000000803. The maximum absolute atomic E-state index is 14.7. The fourth-order valence-corrected chi connectivity index (χ4v) is 15.7. The summed E-state index contributed by atoms with van der Waals surface area (Å²) in [5.41, 5.74) is 2.25. The standard InChI is InChI=1S/C44H69N5O7S.C37H52N6O17S2.CO2/c1-10-15-40(52)56-27-49(44(55)35(29(6)11-2)25-39(51)37-16-13-14-21-48(37)9)38(28(4)5)23-31(8)43-47-36(26-57-43)42(54)46-33(22-30(7)41(53)45-12-3)24-32-17-19-34(50)20-18-32;1-21(44)60-13-14-61-62-20-27(35(56)57)42-33(53)24(17-31(49)50)16-28(45)26(18-32(51)52)41-29(46)15-22-7-9-23(10-8-22)19-40-36(58)38-11-3-2-5-25(34(54)55)43-37(59)39-12-4-6-30(47)48;2-1-3/h17-20,26,28-31,33,35,37-38,50H,10-16,21-25,27H2,1-9H3,(H,45,53)(H,46,54);7-10,24-27H,2-6,11-20H2,1H3,(H,41,46)(H,42,53)(H,47,48)(H,49,50)(H,51,52)(H,54,55)(H,56,57)(H2,38,40,58)(H2,39,43,59);/t29?,30-,31+,33+,35-,37+,38+;24-,25-,26-,27-;/m00./s1. The molecule has 11 atom stereocenters. The first-order valence-electron chi connectivity index (χ1n) is 40.5. The Morgan fingerprint density at radius 1 is 0.664 bits per heavy atom. The minimum Gasteiger partial charge on any atom is -0.508 e. The molecule has 122 heavy (non-hydrogen) atoms. The normalized spacial score (nSPS) is 14.8. The number of unbranched alkanes of at least 4 members (excludes halogenated alkanes) is 1. The number of aromatic nitrogens is 1. The average molecular weight is 1770 g/mol.